The Morgan fingerprint density at radius 1 is 1.16 bits per heavy atom. The molecule has 10 heteroatoms. The summed E-state index contributed by atoms with van der Waals surface area (Å²) in [6.07, 6.45) is -4.45. The molecule has 0 bridgehead atoms. The molecule has 2 aromatic rings. The Bertz CT molecular complexity index is 964. The SMILES string of the molecule is CCOC(=O)C1=NN(c2ccccc2)C(C(=O)Nc2cccc(OCC(F)(F)F)c2)C1. The van der Waals surface area contributed by atoms with E-state index in [1.807, 2.05) is 0 Å². The predicted molar refractivity (Wildman–Crippen MR) is 108 cm³/mol. The number of para-hydroxylation sites is 1. The summed E-state index contributed by atoms with van der Waals surface area (Å²) in [6, 6.07) is 13.6. The largest absolute Gasteiger partial charge is 0.484 e. The van der Waals surface area contributed by atoms with Gasteiger partial charge in [-0.1, -0.05) is 24.3 Å². The third kappa shape index (κ3) is 5.97. The highest BCUT2D eigenvalue weighted by atomic mass is 19.4. The molecule has 1 heterocycles. The Labute approximate surface area is 176 Å². The molecule has 1 N–H and O–H groups in total. The number of carbonyl (C=O) groups excluding carboxylic acids is 2. The average Bonchev–Trinajstić information content (AvgIpc) is 3.19. The number of hydrogen-bond donors (Lipinski definition) is 1. The van der Waals surface area contributed by atoms with Gasteiger partial charge in [0.1, 0.15) is 17.5 Å². The monoisotopic (exact) mass is 435 g/mol. The fourth-order valence-corrected chi connectivity index (χ4v) is 2.93. The van der Waals surface area contributed by atoms with Crippen LogP contribution in [-0.2, 0) is 14.3 Å². The van der Waals surface area contributed by atoms with E-state index in [2.05, 4.69) is 10.4 Å². The summed E-state index contributed by atoms with van der Waals surface area (Å²) < 4.78 is 46.8. The Kier molecular flexibility index (Phi) is 6.78. The van der Waals surface area contributed by atoms with Crippen molar-refractivity contribution in [2.45, 2.75) is 25.6 Å². The highest BCUT2D eigenvalue weighted by Crippen LogP contribution is 2.27. The molecular formula is C21H20F3N3O4. The minimum Gasteiger partial charge on any atom is -0.484 e. The molecule has 1 amide bonds. The van der Waals surface area contributed by atoms with E-state index >= 15 is 0 Å². The summed E-state index contributed by atoms with van der Waals surface area (Å²) in [4.78, 5) is 25.1. The Morgan fingerprint density at radius 3 is 2.58 bits per heavy atom. The number of alkyl halides is 3. The van der Waals surface area contributed by atoms with Crippen LogP contribution in [0.5, 0.6) is 5.75 Å². The molecule has 7 nitrogen and oxygen atoms in total. The highest BCUT2D eigenvalue weighted by Gasteiger charge is 2.37. The van der Waals surface area contributed by atoms with Crippen LogP contribution < -0.4 is 15.1 Å². The second-order valence-electron chi connectivity index (χ2n) is 6.59. The van der Waals surface area contributed by atoms with Crippen molar-refractivity contribution in [1.29, 1.82) is 0 Å². The van der Waals surface area contributed by atoms with Gasteiger partial charge in [-0.05, 0) is 31.2 Å². The molecule has 0 radical (unpaired) electrons. The quantitative estimate of drug-likeness (QED) is 0.670. The molecule has 164 valence electrons. The minimum atomic E-state index is -4.47. The molecule has 0 aromatic heterocycles. The number of hydrogen-bond acceptors (Lipinski definition) is 6. The summed E-state index contributed by atoms with van der Waals surface area (Å²) in [6.45, 7) is 0.400. The van der Waals surface area contributed by atoms with Gasteiger partial charge in [-0.25, -0.2) is 4.79 Å². The van der Waals surface area contributed by atoms with Gasteiger partial charge < -0.3 is 14.8 Å². The number of rotatable bonds is 7. The van der Waals surface area contributed by atoms with Gasteiger partial charge in [0.25, 0.3) is 0 Å². The smallest absolute Gasteiger partial charge is 0.422 e. The van der Waals surface area contributed by atoms with Gasteiger partial charge in [-0.2, -0.15) is 18.3 Å². The zero-order valence-electron chi connectivity index (χ0n) is 16.6. The normalized spacial score (nSPS) is 15.9. The van der Waals surface area contributed by atoms with E-state index in [4.69, 9.17) is 9.47 Å². The van der Waals surface area contributed by atoms with E-state index in [1.54, 1.807) is 37.3 Å². The van der Waals surface area contributed by atoms with Crippen molar-refractivity contribution >= 4 is 29.0 Å². The Hall–Kier alpha value is -3.56. The molecule has 1 aliphatic heterocycles. The van der Waals surface area contributed by atoms with Crippen LogP contribution in [0, 0.1) is 0 Å². The molecule has 0 fully saturated rings. The maximum atomic E-state index is 13.0. The van der Waals surface area contributed by atoms with Gasteiger partial charge in [0.15, 0.2) is 6.61 Å². The van der Waals surface area contributed by atoms with Gasteiger partial charge in [0.2, 0.25) is 5.91 Å². The van der Waals surface area contributed by atoms with Crippen LogP contribution in [-0.4, -0.2) is 43.0 Å². The highest BCUT2D eigenvalue weighted by molar-refractivity contribution is 6.38. The van der Waals surface area contributed by atoms with Crippen molar-refractivity contribution in [3.05, 3.63) is 54.6 Å². The lowest BCUT2D eigenvalue weighted by Gasteiger charge is -2.22. The second kappa shape index (κ2) is 9.50. The third-order valence-electron chi connectivity index (χ3n) is 4.25. The number of nitrogens with zero attached hydrogens (tertiary/aromatic N) is 2. The van der Waals surface area contributed by atoms with Crippen LogP contribution in [0.3, 0.4) is 0 Å². The first-order chi connectivity index (χ1) is 14.8. The number of nitrogens with one attached hydrogen (secondary N) is 1. The first-order valence-electron chi connectivity index (χ1n) is 9.46. The van der Waals surface area contributed by atoms with Gasteiger partial charge in [-0.15, -0.1) is 0 Å². The topological polar surface area (TPSA) is 80.2 Å². The van der Waals surface area contributed by atoms with Crippen LogP contribution in [0.15, 0.2) is 59.7 Å². The number of amides is 1. The lowest BCUT2D eigenvalue weighted by atomic mass is 10.1. The number of anilines is 2. The number of benzene rings is 2. The van der Waals surface area contributed by atoms with Crippen molar-refractivity contribution in [3.63, 3.8) is 0 Å². The number of halogens is 3. The molecule has 0 spiro atoms. The van der Waals surface area contributed by atoms with E-state index in [0.717, 1.165) is 0 Å². The van der Waals surface area contributed by atoms with Gasteiger partial charge >= 0.3 is 12.1 Å². The van der Waals surface area contributed by atoms with Crippen molar-refractivity contribution < 1.29 is 32.2 Å². The van der Waals surface area contributed by atoms with E-state index in [-0.39, 0.29) is 30.2 Å². The molecule has 1 unspecified atom stereocenters. The van der Waals surface area contributed by atoms with E-state index in [1.165, 1.54) is 29.3 Å². The van der Waals surface area contributed by atoms with Crippen LogP contribution in [0.1, 0.15) is 13.3 Å². The fraction of sp³-hybridized carbons (Fsp3) is 0.286. The van der Waals surface area contributed by atoms with E-state index < -0.39 is 30.7 Å². The Balaban J connectivity index is 1.76. The number of esters is 1. The van der Waals surface area contributed by atoms with Gasteiger partial charge in [-0.3, -0.25) is 9.80 Å². The minimum absolute atomic E-state index is 0.0177. The van der Waals surface area contributed by atoms with Gasteiger partial charge in [0.05, 0.1) is 12.3 Å². The number of ether oxygens (including phenoxy) is 2. The van der Waals surface area contributed by atoms with E-state index in [9.17, 15) is 22.8 Å². The average molecular weight is 435 g/mol. The van der Waals surface area contributed by atoms with Crippen LogP contribution >= 0.6 is 0 Å². The summed E-state index contributed by atoms with van der Waals surface area (Å²) in [7, 11) is 0. The molecular weight excluding hydrogens is 415 g/mol. The van der Waals surface area contributed by atoms with Crippen LogP contribution in [0.4, 0.5) is 24.5 Å². The van der Waals surface area contributed by atoms with Crippen LogP contribution in [0.25, 0.3) is 0 Å². The lowest BCUT2D eigenvalue weighted by molar-refractivity contribution is -0.153. The molecule has 31 heavy (non-hydrogen) atoms. The van der Waals surface area contributed by atoms with Crippen molar-refractivity contribution in [1.82, 2.24) is 0 Å². The molecule has 2 aromatic carbocycles. The van der Waals surface area contributed by atoms with Crippen molar-refractivity contribution in [2.75, 3.05) is 23.5 Å². The number of carbonyl (C=O) groups is 2. The molecule has 1 aliphatic rings. The first kappa shape index (κ1) is 22.1. The lowest BCUT2D eigenvalue weighted by Crippen LogP contribution is -2.38. The molecule has 0 saturated heterocycles. The summed E-state index contributed by atoms with van der Waals surface area (Å²) in [5, 5.41) is 8.33. The zero-order valence-corrected chi connectivity index (χ0v) is 16.6. The maximum absolute atomic E-state index is 13.0. The fourth-order valence-electron chi connectivity index (χ4n) is 2.93. The van der Waals surface area contributed by atoms with Crippen LogP contribution in [0.2, 0.25) is 0 Å². The standard InChI is InChI=1S/C21H20F3N3O4/c1-2-30-20(29)17-12-18(27(26-17)15-8-4-3-5-9-15)19(28)25-14-7-6-10-16(11-14)31-13-21(22,23)24/h3-11,18H,2,12-13H2,1H3,(H,25,28). The predicted octanol–water partition coefficient (Wildman–Crippen LogP) is 3.76. The third-order valence-corrected chi connectivity index (χ3v) is 4.25. The summed E-state index contributed by atoms with van der Waals surface area (Å²) >= 11 is 0. The zero-order chi connectivity index (χ0) is 22.4. The molecule has 0 saturated carbocycles. The van der Waals surface area contributed by atoms with Crippen molar-refractivity contribution in [3.8, 4) is 5.75 Å². The summed E-state index contributed by atoms with van der Waals surface area (Å²) in [5.41, 5.74) is 0.958. The van der Waals surface area contributed by atoms with Crippen molar-refractivity contribution in [2.24, 2.45) is 5.10 Å². The second-order valence-corrected chi connectivity index (χ2v) is 6.59. The Morgan fingerprint density at radius 2 is 1.90 bits per heavy atom. The molecule has 0 aliphatic carbocycles. The first-order valence-corrected chi connectivity index (χ1v) is 9.46. The van der Waals surface area contributed by atoms with Gasteiger partial charge in [0, 0.05) is 18.2 Å². The molecule has 3 rings (SSSR count). The molecule has 1 atom stereocenters. The van der Waals surface area contributed by atoms with E-state index in [0.29, 0.717) is 5.69 Å². The number of hydrazone groups is 1. The summed E-state index contributed by atoms with van der Waals surface area (Å²) in [5.74, 6) is -1.13. The maximum Gasteiger partial charge on any atom is 0.422 e.